The summed E-state index contributed by atoms with van der Waals surface area (Å²) >= 11 is 0. The maximum atomic E-state index is 5.94. The molecule has 33 heavy (non-hydrogen) atoms. The van der Waals surface area contributed by atoms with Gasteiger partial charge in [-0.1, -0.05) is 12.0 Å². The lowest BCUT2D eigenvalue weighted by molar-refractivity contribution is 0.0968. The summed E-state index contributed by atoms with van der Waals surface area (Å²) in [7, 11) is 1.63. The molecule has 0 unspecified atom stereocenters. The zero-order valence-electron chi connectivity index (χ0n) is 19.1. The molecule has 0 fully saturated rings. The van der Waals surface area contributed by atoms with Gasteiger partial charge < -0.3 is 30.0 Å². The van der Waals surface area contributed by atoms with Crippen molar-refractivity contribution >= 4 is 22.4 Å². The Morgan fingerprint density at radius 2 is 1.79 bits per heavy atom. The highest BCUT2D eigenvalue weighted by molar-refractivity contribution is 5.93. The van der Waals surface area contributed by atoms with Crippen molar-refractivity contribution in [3.05, 3.63) is 48.3 Å². The van der Waals surface area contributed by atoms with Gasteiger partial charge in [-0.3, -0.25) is 0 Å². The number of methoxy groups -OCH3 is 1. The van der Waals surface area contributed by atoms with E-state index in [2.05, 4.69) is 27.1 Å². The average molecular weight is 451 g/mol. The van der Waals surface area contributed by atoms with Gasteiger partial charge in [0.25, 0.3) is 0 Å². The third-order valence-corrected chi connectivity index (χ3v) is 4.62. The predicted octanol–water partition coefficient (Wildman–Crippen LogP) is 3.51. The molecule has 0 spiro atoms. The van der Waals surface area contributed by atoms with E-state index in [1.165, 1.54) is 6.33 Å². The van der Waals surface area contributed by atoms with E-state index in [-0.39, 0.29) is 0 Å². The number of rotatable bonds is 13. The smallest absolute Gasteiger partial charge is 0.163 e. The van der Waals surface area contributed by atoms with Crippen LogP contribution in [0, 0.1) is 11.8 Å². The Labute approximate surface area is 194 Å². The Morgan fingerprint density at radius 3 is 2.58 bits per heavy atom. The molecule has 0 aliphatic heterocycles. The topological polar surface area (TPSA) is 101 Å². The highest BCUT2D eigenvalue weighted by Crippen LogP contribution is 2.35. The Balaban J connectivity index is 1.84. The number of benzene rings is 2. The highest BCUT2D eigenvalue weighted by atomic mass is 16.5. The minimum absolute atomic E-state index is 0.387. The van der Waals surface area contributed by atoms with E-state index in [0.29, 0.717) is 56.9 Å². The van der Waals surface area contributed by atoms with Gasteiger partial charge in [-0.15, -0.1) is 5.92 Å². The van der Waals surface area contributed by atoms with E-state index in [4.69, 9.17) is 24.7 Å². The molecule has 0 aliphatic carbocycles. The van der Waals surface area contributed by atoms with Crippen LogP contribution in [0.4, 0.5) is 11.5 Å². The van der Waals surface area contributed by atoms with Crippen molar-refractivity contribution in [2.45, 2.75) is 13.3 Å². The number of ether oxygens (including phenoxy) is 4. The number of nitrogens with one attached hydrogen (secondary N) is 1. The molecule has 1 aromatic heterocycles. The summed E-state index contributed by atoms with van der Waals surface area (Å²) < 4.78 is 22.5. The van der Waals surface area contributed by atoms with Crippen molar-refractivity contribution in [2.24, 2.45) is 5.73 Å². The number of nitrogens with two attached hydrogens (primary N) is 1. The molecule has 0 amide bonds. The second-order valence-electron chi connectivity index (χ2n) is 7.06. The summed E-state index contributed by atoms with van der Waals surface area (Å²) in [4.78, 5) is 8.86. The van der Waals surface area contributed by atoms with Crippen LogP contribution in [0.5, 0.6) is 11.5 Å². The lowest BCUT2D eigenvalue weighted by Crippen LogP contribution is -2.11. The van der Waals surface area contributed by atoms with Crippen LogP contribution in [0.15, 0.2) is 42.7 Å². The number of hydrogen-bond acceptors (Lipinski definition) is 8. The fraction of sp³-hybridized carbons (Fsp3) is 0.360. The maximum absolute atomic E-state index is 5.94. The Kier molecular flexibility index (Phi) is 9.73. The molecule has 3 N–H and O–H groups in total. The summed E-state index contributed by atoms with van der Waals surface area (Å²) in [5, 5.41) is 4.17. The van der Waals surface area contributed by atoms with E-state index < -0.39 is 0 Å². The number of aromatic nitrogens is 2. The van der Waals surface area contributed by atoms with Crippen LogP contribution in [0.25, 0.3) is 10.9 Å². The van der Waals surface area contributed by atoms with Crippen molar-refractivity contribution in [1.82, 2.24) is 9.97 Å². The van der Waals surface area contributed by atoms with Gasteiger partial charge in [-0.25, -0.2) is 9.97 Å². The van der Waals surface area contributed by atoms with Gasteiger partial charge in [0.1, 0.15) is 25.4 Å². The van der Waals surface area contributed by atoms with Crippen LogP contribution in [0.2, 0.25) is 0 Å². The van der Waals surface area contributed by atoms with Crippen LogP contribution in [0.3, 0.4) is 0 Å². The van der Waals surface area contributed by atoms with E-state index in [1.807, 2.05) is 43.3 Å². The van der Waals surface area contributed by atoms with Gasteiger partial charge in [0.2, 0.25) is 0 Å². The fourth-order valence-electron chi connectivity index (χ4n) is 3.08. The maximum Gasteiger partial charge on any atom is 0.163 e. The molecule has 8 heteroatoms. The van der Waals surface area contributed by atoms with Crippen LogP contribution < -0.4 is 20.5 Å². The van der Waals surface area contributed by atoms with Crippen LogP contribution in [-0.4, -0.2) is 56.7 Å². The summed E-state index contributed by atoms with van der Waals surface area (Å²) in [6.07, 6.45) is 2.34. The zero-order valence-corrected chi connectivity index (χ0v) is 19.1. The molecule has 3 aromatic rings. The van der Waals surface area contributed by atoms with E-state index >= 15 is 0 Å². The second-order valence-corrected chi connectivity index (χ2v) is 7.06. The molecule has 0 atom stereocenters. The molecule has 0 radical (unpaired) electrons. The van der Waals surface area contributed by atoms with Crippen LogP contribution in [-0.2, 0) is 9.47 Å². The average Bonchev–Trinajstić information content (AvgIpc) is 2.82. The van der Waals surface area contributed by atoms with Gasteiger partial charge in [0.15, 0.2) is 11.5 Å². The Hall–Kier alpha value is -3.38. The molecular formula is C25H30N4O4. The van der Waals surface area contributed by atoms with E-state index in [1.54, 1.807) is 7.11 Å². The normalized spacial score (nSPS) is 10.5. The van der Waals surface area contributed by atoms with Gasteiger partial charge in [0, 0.05) is 36.4 Å². The first-order valence-electron chi connectivity index (χ1n) is 10.9. The molecule has 1 heterocycles. The Morgan fingerprint density at radius 1 is 0.970 bits per heavy atom. The molecule has 174 valence electrons. The predicted molar refractivity (Wildman–Crippen MR) is 129 cm³/mol. The first-order chi connectivity index (χ1) is 16.2. The number of fused-ring (bicyclic) bond motifs is 1. The highest BCUT2D eigenvalue weighted by Gasteiger charge is 2.13. The largest absolute Gasteiger partial charge is 0.487 e. The summed E-state index contributed by atoms with van der Waals surface area (Å²) in [6.45, 7) is 4.73. The number of hydrogen-bond donors (Lipinski definition) is 2. The summed E-state index contributed by atoms with van der Waals surface area (Å²) in [5.74, 6) is 7.82. The van der Waals surface area contributed by atoms with Gasteiger partial charge in [0.05, 0.1) is 18.7 Å². The molecule has 0 bridgehead atoms. The van der Waals surface area contributed by atoms with Gasteiger partial charge in [-0.2, -0.15) is 0 Å². The van der Waals surface area contributed by atoms with E-state index in [9.17, 15) is 0 Å². The minimum atomic E-state index is 0.387. The first kappa shape index (κ1) is 24.3. The zero-order chi connectivity index (χ0) is 23.3. The second kappa shape index (κ2) is 13.2. The van der Waals surface area contributed by atoms with Crippen LogP contribution in [0.1, 0.15) is 18.9 Å². The number of anilines is 2. The van der Waals surface area contributed by atoms with E-state index in [0.717, 1.165) is 28.6 Å². The van der Waals surface area contributed by atoms with Crippen molar-refractivity contribution in [3.8, 4) is 23.3 Å². The molecular weight excluding hydrogens is 420 g/mol. The molecule has 3 rings (SSSR count). The molecule has 0 aliphatic rings. The summed E-state index contributed by atoms with van der Waals surface area (Å²) in [5.41, 5.74) is 8.02. The lowest BCUT2D eigenvalue weighted by atomic mass is 10.2. The quantitative estimate of drug-likeness (QED) is 0.301. The van der Waals surface area contributed by atoms with Crippen molar-refractivity contribution in [2.75, 3.05) is 52.0 Å². The minimum Gasteiger partial charge on any atom is -0.487 e. The Bertz CT molecular complexity index is 1090. The van der Waals surface area contributed by atoms with Gasteiger partial charge in [-0.05, 0) is 44.2 Å². The fourth-order valence-corrected chi connectivity index (χ4v) is 3.08. The van der Waals surface area contributed by atoms with Crippen molar-refractivity contribution < 1.29 is 18.9 Å². The molecule has 0 saturated heterocycles. The lowest BCUT2D eigenvalue weighted by Gasteiger charge is -2.15. The first-order valence-corrected chi connectivity index (χ1v) is 10.9. The van der Waals surface area contributed by atoms with Gasteiger partial charge >= 0.3 is 0 Å². The number of nitrogens with zero attached hydrogens (tertiary/aromatic N) is 2. The third-order valence-electron chi connectivity index (χ3n) is 4.62. The SMILES string of the molecule is CC#Cc1cccc(Nc2ncnc3cc(OCCOCCCN)c(OCCOC)cc23)c1. The third kappa shape index (κ3) is 7.32. The van der Waals surface area contributed by atoms with Crippen molar-refractivity contribution in [1.29, 1.82) is 0 Å². The molecule has 2 aromatic carbocycles. The standard InChI is InChI=1S/C25H30N4O4/c1-3-6-19-7-4-8-20(15-19)29-25-21-16-23(32-13-11-30-2)24(17-22(21)27-18-28-25)33-14-12-31-10-5-9-26/h4,7-8,15-18H,5,9-14,26H2,1-2H3,(H,27,28,29). The monoisotopic (exact) mass is 450 g/mol. The van der Waals surface area contributed by atoms with Crippen LogP contribution >= 0.6 is 0 Å². The van der Waals surface area contributed by atoms with Crippen molar-refractivity contribution in [3.63, 3.8) is 0 Å². The molecule has 8 nitrogen and oxygen atoms in total. The molecule has 0 saturated carbocycles. The summed E-state index contributed by atoms with van der Waals surface area (Å²) in [6, 6.07) is 11.6.